The Balaban J connectivity index is 1.83. The first-order chi connectivity index (χ1) is 12.6. The van der Waals surface area contributed by atoms with Gasteiger partial charge in [-0.25, -0.2) is 9.97 Å². The molecule has 4 aromatic rings. The summed E-state index contributed by atoms with van der Waals surface area (Å²) in [5.74, 6) is 1.38. The van der Waals surface area contributed by atoms with Gasteiger partial charge in [-0.1, -0.05) is 12.1 Å². The zero-order chi connectivity index (χ0) is 18.1. The van der Waals surface area contributed by atoms with Crippen LogP contribution in [0.5, 0.6) is 0 Å². The molecule has 0 fully saturated rings. The summed E-state index contributed by atoms with van der Waals surface area (Å²) in [6, 6.07) is 13.3. The summed E-state index contributed by atoms with van der Waals surface area (Å²) in [5, 5.41) is 4.31. The minimum atomic E-state index is 0.0314. The molecule has 0 saturated heterocycles. The largest absolute Gasteiger partial charge is 0.340 e. The van der Waals surface area contributed by atoms with Crippen LogP contribution in [0.2, 0.25) is 0 Å². The quantitative estimate of drug-likeness (QED) is 0.518. The van der Waals surface area contributed by atoms with Gasteiger partial charge in [-0.3, -0.25) is 9.78 Å². The molecule has 0 unspecified atom stereocenters. The van der Waals surface area contributed by atoms with Gasteiger partial charge in [0, 0.05) is 34.1 Å². The topological polar surface area (TPSA) is 67.8 Å². The first-order valence-corrected chi connectivity index (χ1v) is 8.98. The molecule has 0 amide bonds. The summed E-state index contributed by atoms with van der Waals surface area (Å²) in [7, 11) is 0. The minimum absolute atomic E-state index is 0.0314. The van der Waals surface area contributed by atoms with Gasteiger partial charge in [0.05, 0.1) is 5.39 Å². The van der Waals surface area contributed by atoms with E-state index in [1.54, 1.807) is 36.7 Å². The Bertz CT molecular complexity index is 1110. The van der Waals surface area contributed by atoms with Crippen LogP contribution in [0.1, 0.15) is 22.2 Å². The normalized spacial score (nSPS) is 10.8. The summed E-state index contributed by atoms with van der Waals surface area (Å²) >= 11 is 1.63. The smallest absolute Gasteiger partial charge is 0.164 e. The van der Waals surface area contributed by atoms with E-state index in [1.807, 2.05) is 30.3 Å². The summed E-state index contributed by atoms with van der Waals surface area (Å²) in [5.41, 5.74) is 2.34. The number of benzene rings is 1. The number of hydrogen-bond donors (Lipinski definition) is 1. The Morgan fingerprint density at radius 3 is 2.77 bits per heavy atom. The Kier molecular flexibility index (Phi) is 4.18. The number of fused-ring (bicyclic) bond motifs is 1. The van der Waals surface area contributed by atoms with Gasteiger partial charge in [-0.15, -0.1) is 11.3 Å². The molecular formula is C20H16N4OS. The summed E-state index contributed by atoms with van der Waals surface area (Å²) < 4.78 is 0. The lowest BCUT2D eigenvalue weighted by Crippen LogP contribution is -1.99. The van der Waals surface area contributed by atoms with E-state index in [4.69, 9.17) is 4.98 Å². The van der Waals surface area contributed by atoms with Crippen LogP contribution in [-0.4, -0.2) is 20.7 Å². The number of hydrogen-bond acceptors (Lipinski definition) is 6. The fourth-order valence-corrected chi connectivity index (χ4v) is 3.59. The summed E-state index contributed by atoms with van der Waals surface area (Å²) in [4.78, 5) is 27.3. The van der Waals surface area contributed by atoms with Gasteiger partial charge in [0.15, 0.2) is 11.6 Å². The standard InChI is InChI=1S/C20H16N4OS/c1-12-9-17-19(22-16-7-3-5-14(10-16)13(2)25)23-18(24-20(17)26-12)15-6-4-8-21-11-15/h3-11H,1-2H3,(H,22,23,24). The van der Waals surface area contributed by atoms with Crippen molar-refractivity contribution in [2.24, 2.45) is 0 Å². The lowest BCUT2D eigenvalue weighted by Gasteiger charge is -2.10. The second kappa shape index (κ2) is 6.65. The van der Waals surface area contributed by atoms with Crippen LogP contribution in [0.15, 0.2) is 54.9 Å². The number of carbonyl (C=O) groups excluding carboxylic acids is 1. The van der Waals surface area contributed by atoms with Crippen LogP contribution in [0.4, 0.5) is 11.5 Å². The number of ketones is 1. The maximum Gasteiger partial charge on any atom is 0.164 e. The van der Waals surface area contributed by atoms with Crippen molar-refractivity contribution in [3.05, 3.63) is 65.3 Å². The molecule has 1 aromatic carbocycles. The van der Waals surface area contributed by atoms with Gasteiger partial charge in [0.25, 0.3) is 0 Å². The first-order valence-electron chi connectivity index (χ1n) is 8.17. The number of aryl methyl sites for hydroxylation is 1. The summed E-state index contributed by atoms with van der Waals surface area (Å²) in [6.45, 7) is 3.61. The van der Waals surface area contributed by atoms with Crippen molar-refractivity contribution in [1.29, 1.82) is 0 Å². The van der Waals surface area contributed by atoms with Gasteiger partial charge >= 0.3 is 0 Å². The predicted molar refractivity (Wildman–Crippen MR) is 105 cm³/mol. The zero-order valence-corrected chi connectivity index (χ0v) is 15.2. The highest BCUT2D eigenvalue weighted by molar-refractivity contribution is 7.18. The van der Waals surface area contributed by atoms with E-state index in [1.165, 1.54) is 0 Å². The lowest BCUT2D eigenvalue weighted by atomic mass is 10.1. The second-order valence-corrected chi connectivity index (χ2v) is 7.21. The Labute approximate surface area is 154 Å². The number of thiophene rings is 1. The average Bonchev–Trinajstić information content (AvgIpc) is 3.03. The molecule has 0 radical (unpaired) electrons. The zero-order valence-electron chi connectivity index (χ0n) is 14.4. The molecule has 3 heterocycles. The molecule has 0 aliphatic rings. The SMILES string of the molecule is CC(=O)c1cccc(Nc2nc(-c3cccnc3)nc3sc(C)cc23)c1. The number of aromatic nitrogens is 3. The molecule has 6 heteroatoms. The highest BCUT2D eigenvalue weighted by Crippen LogP contribution is 2.32. The van der Waals surface area contributed by atoms with E-state index in [0.29, 0.717) is 11.4 Å². The molecule has 0 bridgehead atoms. The van der Waals surface area contributed by atoms with E-state index in [9.17, 15) is 4.79 Å². The first kappa shape index (κ1) is 16.4. The molecular weight excluding hydrogens is 344 g/mol. The van der Waals surface area contributed by atoms with E-state index in [2.05, 4.69) is 28.3 Å². The maximum absolute atomic E-state index is 11.6. The van der Waals surface area contributed by atoms with E-state index in [0.717, 1.165) is 32.2 Å². The van der Waals surface area contributed by atoms with Crippen molar-refractivity contribution in [2.75, 3.05) is 5.32 Å². The number of anilines is 2. The fourth-order valence-electron chi connectivity index (χ4n) is 2.71. The van der Waals surface area contributed by atoms with Gasteiger partial charge in [-0.05, 0) is 44.2 Å². The Hall–Kier alpha value is -3.12. The van der Waals surface area contributed by atoms with E-state index in [-0.39, 0.29) is 5.78 Å². The summed E-state index contributed by atoms with van der Waals surface area (Å²) in [6.07, 6.45) is 3.48. The fraction of sp³-hybridized carbons (Fsp3) is 0.100. The second-order valence-electron chi connectivity index (χ2n) is 5.98. The molecule has 0 spiro atoms. The number of nitrogens with zero attached hydrogens (tertiary/aromatic N) is 3. The number of carbonyl (C=O) groups is 1. The van der Waals surface area contributed by atoms with Crippen LogP contribution >= 0.6 is 11.3 Å². The van der Waals surface area contributed by atoms with Crippen LogP contribution in [0, 0.1) is 6.92 Å². The number of pyridine rings is 1. The Morgan fingerprint density at radius 1 is 1.12 bits per heavy atom. The highest BCUT2D eigenvalue weighted by Gasteiger charge is 2.13. The van der Waals surface area contributed by atoms with Gasteiger partial charge in [-0.2, -0.15) is 0 Å². The molecule has 5 nitrogen and oxygen atoms in total. The van der Waals surface area contributed by atoms with Gasteiger partial charge in [0.1, 0.15) is 10.6 Å². The van der Waals surface area contributed by atoms with Crippen molar-refractivity contribution < 1.29 is 4.79 Å². The average molecular weight is 360 g/mol. The van der Waals surface area contributed by atoms with Crippen molar-refractivity contribution in [1.82, 2.24) is 15.0 Å². The minimum Gasteiger partial charge on any atom is -0.340 e. The molecule has 26 heavy (non-hydrogen) atoms. The maximum atomic E-state index is 11.6. The van der Waals surface area contributed by atoms with Crippen LogP contribution < -0.4 is 5.32 Å². The monoisotopic (exact) mass is 360 g/mol. The van der Waals surface area contributed by atoms with E-state index >= 15 is 0 Å². The molecule has 4 rings (SSSR count). The number of nitrogens with one attached hydrogen (secondary N) is 1. The molecule has 0 aliphatic heterocycles. The van der Waals surface area contributed by atoms with Crippen molar-refractivity contribution in [3.63, 3.8) is 0 Å². The number of rotatable bonds is 4. The van der Waals surface area contributed by atoms with Crippen molar-refractivity contribution in [3.8, 4) is 11.4 Å². The molecule has 0 atom stereocenters. The molecule has 0 saturated carbocycles. The predicted octanol–water partition coefficient (Wildman–Crippen LogP) is 5.01. The third kappa shape index (κ3) is 3.19. The van der Waals surface area contributed by atoms with Crippen LogP contribution in [-0.2, 0) is 0 Å². The molecule has 0 aliphatic carbocycles. The third-order valence-electron chi connectivity index (χ3n) is 3.97. The van der Waals surface area contributed by atoms with Crippen molar-refractivity contribution >= 4 is 38.8 Å². The lowest BCUT2D eigenvalue weighted by molar-refractivity contribution is 0.101. The highest BCUT2D eigenvalue weighted by atomic mass is 32.1. The van der Waals surface area contributed by atoms with Crippen LogP contribution in [0.25, 0.3) is 21.6 Å². The van der Waals surface area contributed by atoms with Gasteiger partial charge in [0.2, 0.25) is 0 Å². The molecule has 128 valence electrons. The third-order valence-corrected chi connectivity index (χ3v) is 4.91. The Morgan fingerprint density at radius 2 is 2.00 bits per heavy atom. The number of Topliss-reactive ketones (excluding diaryl/α,β-unsaturated/α-hetero) is 1. The van der Waals surface area contributed by atoms with Gasteiger partial charge < -0.3 is 5.32 Å². The molecule has 3 aromatic heterocycles. The van der Waals surface area contributed by atoms with Crippen LogP contribution in [0.3, 0.4) is 0 Å². The van der Waals surface area contributed by atoms with Crippen molar-refractivity contribution in [2.45, 2.75) is 13.8 Å². The van der Waals surface area contributed by atoms with E-state index < -0.39 is 0 Å². The molecule has 1 N–H and O–H groups in total.